The number of carbonyl (C=O) groups excluding carboxylic acids is 1. The molecule has 2 saturated heterocycles. The molecule has 1 aromatic heterocycles. The molecule has 6 nitrogen and oxygen atoms in total. The molecule has 1 aromatic carbocycles. The minimum absolute atomic E-state index is 0.0308. The van der Waals surface area contributed by atoms with Crippen LogP contribution in [0.15, 0.2) is 41.7 Å². The number of piperidine rings is 1. The molecule has 0 saturated carbocycles. The van der Waals surface area contributed by atoms with E-state index in [1.807, 2.05) is 41.4 Å². The zero-order valence-electron chi connectivity index (χ0n) is 17.5. The molecule has 2 aliphatic rings. The number of ether oxygens (including phenoxy) is 2. The smallest absolute Gasteiger partial charge is 0.260 e. The lowest BCUT2D eigenvalue weighted by Gasteiger charge is -2.33. The fourth-order valence-electron chi connectivity index (χ4n) is 4.04. The van der Waals surface area contributed by atoms with E-state index in [0.717, 1.165) is 66.8 Å². The molecule has 0 bridgehead atoms. The van der Waals surface area contributed by atoms with Gasteiger partial charge in [-0.05, 0) is 50.3 Å². The summed E-state index contributed by atoms with van der Waals surface area (Å²) in [5.74, 6) is 1.89. The second-order valence-electron chi connectivity index (χ2n) is 7.95. The first kappa shape index (κ1) is 21.1. The molecule has 0 N–H and O–H groups in total. The molecule has 160 valence electrons. The van der Waals surface area contributed by atoms with Crippen LogP contribution < -0.4 is 4.74 Å². The van der Waals surface area contributed by atoms with Crippen LogP contribution in [0.25, 0.3) is 0 Å². The van der Waals surface area contributed by atoms with Gasteiger partial charge in [0.05, 0.1) is 11.8 Å². The molecule has 2 fully saturated rings. The molecular formula is C23H29N3O3S. The topological polar surface area (TPSA) is 64.6 Å². The molecule has 1 amide bonds. The maximum absolute atomic E-state index is 12.7. The van der Waals surface area contributed by atoms with Gasteiger partial charge in [-0.3, -0.25) is 4.79 Å². The monoisotopic (exact) mass is 427 g/mol. The van der Waals surface area contributed by atoms with Crippen molar-refractivity contribution in [2.24, 2.45) is 0 Å². The van der Waals surface area contributed by atoms with Crippen LogP contribution in [0.2, 0.25) is 0 Å². The van der Waals surface area contributed by atoms with Gasteiger partial charge in [-0.2, -0.15) is 0 Å². The third kappa shape index (κ3) is 5.52. The predicted octanol–water partition coefficient (Wildman–Crippen LogP) is 3.84. The quantitative estimate of drug-likeness (QED) is 0.494. The average Bonchev–Trinajstić information content (AvgIpc) is 3.31. The summed E-state index contributed by atoms with van der Waals surface area (Å²) >= 11 is 1.67. The fourth-order valence-corrected chi connectivity index (χ4v) is 4.93. The lowest BCUT2D eigenvalue weighted by atomic mass is 9.92. The van der Waals surface area contributed by atoms with Crippen molar-refractivity contribution in [3.8, 4) is 5.75 Å². The van der Waals surface area contributed by atoms with Crippen LogP contribution in [0.4, 0.5) is 0 Å². The first-order valence-electron chi connectivity index (χ1n) is 10.7. The van der Waals surface area contributed by atoms with Gasteiger partial charge in [0.1, 0.15) is 5.75 Å². The summed E-state index contributed by atoms with van der Waals surface area (Å²) in [6, 6.07) is 9.48. The van der Waals surface area contributed by atoms with Crippen LogP contribution in [0.1, 0.15) is 42.9 Å². The highest BCUT2D eigenvalue weighted by molar-refractivity contribution is 7.99. The Kier molecular flexibility index (Phi) is 7.23. The zero-order valence-corrected chi connectivity index (χ0v) is 18.3. The number of rotatable bonds is 7. The molecule has 2 aliphatic heterocycles. The van der Waals surface area contributed by atoms with E-state index in [4.69, 9.17) is 14.5 Å². The normalized spacial score (nSPS) is 21.6. The summed E-state index contributed by atoms with van der Waals surface area (Å²) in [5, 5.41) is 0.807. The van der Waals surface area contributed by atoms with Crippen molar-refractivity contribution in [3.63, 3.8) is 0 Å². The van der Waals surface area contributed by atoms with Crippen molar-refractivity contribution in [2.75, 3.05) is 32.1 Å². The summed E-state index contributed by atoms with van der Waals surface area (Å²) in [6.45, 7) is 4.46. The highest BCUT2D eigenvalue weighted by Gasteiger charge is 2.27. The number of carbonyl (C=O) groups is 1. The van der Waals surface area contributed by atoms with E-state index in [0.29, 0.717) is 12.6 Å². The Morgan fingerprint density at radius 1 is 1.27 bits per heavy atom. The third-order valence-electron chi connectivity index (χ3n) is 5.68. The molecule has 0 unspecified atom stereocenters. The van der Waals surface area contributed by atoms with E-state index in [9.17, 15) is 4.79 Å². The van der Waals surface area contributed by atoms with E-state index < -0.39 is 0 Å². The van der Waals surface area contributed by atoms with Gasteiger partial charge in [-0.25, -0.2) is 9.97 Å². The lowest BCUT2D eigenvalue weighted by Crippen LogP contribution is -2.41. The van der Waals surface area contributed by atoms with E-state index in [1.165, 1.54) is 0 Å². The van der Waals surface area contributed by atoms with Gasteiger partial charge >= 0.3 is 0 Å². The number of hydrogen-bond acceptors (Lipinski definition) is 6. The van der Waals surface area contributed by atoms with Gasteiger partial charge in [0.25, 0.3) is 5.91 Å². The average molecular weight is 428 g/mol. The fraction of sp³-hybridized carbons (Fsp3) is 0.522. The molecule has 7 heteroatoms. The summed E-state index contributed by atoms with van der Waals surface area (Å²) in [7, 11) is 0. The van der Waals surface area contributed by atoms with Gasteiger partial charge < -0.3 is 14.4 Å². The minimum atomic E-state index is 0.0308. The number of para-hydroxylation sites is 1. The lowest BCUT2D eigenvalue weighted by molar-refractivity contribution is -0.134. The minimum Gasteiger partial charge on any atom is -0.484 e. The van der Waals surface area contributed by atoms with Crippen molar-refractivity contribution in [2.45, 2.75) is 49.8 Å². The number of hydrogen-bond donors (Lipinski definition) is 0. The summed E-state index contributed by atoms with van der Waals surface area (Å²) in [5.41, 5.74) is 2.16. The van der Waals surface area contributed by atoms with Gasteiger partial charge in [0.15, 0.2) is 11.8 Å². The van der Waals surface area contributed by atoms with Gasteiger partial charge in [0, 0.05) is 37.6 Å². The standard InChI is InChI=1S/C23H29N3O3S/c1-17-13-24-23(30-16-20-10-6-12-28-20)25-22(17)18-7-5-11-26(14-18)21(27)15-29-19-8-3-2-4-9-19/h2-4,8-9,13,18,20H,5-7,10-12,14-16H2,1H3/t18-,20+/m0/s1. The largest absolute Gasteiger partial charge is 0.484 e. The number of aromatic nitrogens is 2. The van der Waals surface area contributed by atoms with Crippen LogP contribution in [0, 0.1) is 6.92 Å². The third-order valence-corrected chi connectivity index (χ3v) is 6.67. The van der Waals surface area contributed by atoms with Crippen molar-refractivity contribution < 1.29 is 14.3 Å². The second kappa shape index (κ2) is 10.3. The van der Waals surface area contributed by atoms with Gasteiger partial charge in [-0.1, -0.05) is 30.0 Å². The van der Waals surface area contributed by atoms with E-state index >= 15 is 0 Å². The van der Waals surface area contributed by atoms with Gasteiger partial charge in [-0.15, -0.1) is 0 Å². The molecular weight excluding hydrogens is 398 g/mol. The van der Waals surface area contributed by atoms with Crippen LogP contribution in [0.5, 0.6) is 5.75 Å². The van der Waals surface area contributed by atoms with Crippen LogP contribution in [-0.2, 0) is 9.53 Å². The Morgan fingerprint density at radius 3 is 2.93 bits per heavy atom. The highest BCUT2D eigenvalue weighted by atomic mass is 32.2. The van der Waals surface area contributed by atoms with E-state index in [1.54, 1.807) is 11.8 Å². The Hall–Kier alpha value is -2.12. The number of likely N-dealkylation sites (tertiary alicyclic amines) is 1. The first-order valence-corrected chi connectivity index (χ1v) is 11.7. The number of thioether (sulfide) groups is 1. The maximum Gasteiger partial charge on any atom is 0.260 e. The summed E-state index contributed by atoms with van der Waals surface area (Å²) in [4.78, 5) is 24.0. The summed E-state index contributed by atoms with van der Waals surface area (Å²) in [6.07, 6.45) is 6.51. The molecule has 0 spiro atoms. The Morgan fingerprint density at radius 2 is 2.13 bits per heavy atom. The summed E-state index contributed by atoms with van der Waals surface area (Å²) < 4.78 is 11.4. The molecule has 0 aliphatic carbocycles. The van der Waals surface area contributed by atoms with Crippen molar-refractivity contribution in [3.05, 3.63) is 47.8 Å². The van der Waals surface area contributed by atoms with E-state index in [-0.39, 0.29) is 18.4 Å². The van der Waals surface area contributed by atoms with E-state index in [2.05, 4.69) is 11.9 Å². The molecule has 4 rings (SSSR count). The van der Waals surface area contributed by atoms with Crippen LogP contribution >= 0.6 is 11.8 Å². The second-order valence-corrected chi connectivity index (χ2v) is 8.93. The highest BCUT2D eigenvalue weighted by Crippen LogP contribution is 2.30. The molecule has 3 heterocycles. The SMILES string of the molecule is Cc1cnc(SC[C@H]2CCCO2)nc1[C@H]1CCCN(C(=O)COc2ccccc2)C1. The number of nitrogens with zero attached hydrogens (tertiary/aromatic N) is 3. The Bertz CT molecular complexity index is 843. The number of amides is 1. The van der Waals surface area contributed by atoms with Crippen LogP contribution in [-0.4, -0.2) is 58.9 Å². The van der Waals surface area contributed by atoms with Crippen LogP contribution in [0.3, 0.4) is 0 Å². The van der Waals surface area contributed by atoms with Crippen molar-refractivity contribution in [1.82, 2.24) is 14.9 Å². The van der Waals surface area contributed by atoms with Crippen molar-refractivity contribution >= 4 is 17.7 Å². The Balaban J connectivity index is 1.36. The molecule has 0 radical (unpaired) electrons. The molecule has 2 atom stereocenters. The van der Waals surface area contributed by atoms with Crippen molar-refractivity contribution in [1.29, 1.82) is 0 Å². The Labute approximate surface area is 182 Å². The molecule has 30 heavy (non-hydrogen) atoms. The maximum atomic E-state index is 12.7. The van der Waals surface area contributed by atoms with Gasteiger partial charge in [0.2, 0.25) is 0 Å². The molecule has 2 aromatic rings. The predicted molar refractivity (Wildman–Crippen MR) is 117 cm³/mol. The number of aryl methyl sites for hydroxylation is 1. The zero-order chi connectivity index (χ0) is 20.8. The number of benzene rings is 1. The first-order chi connectivity index (χ1) is 14.7.